The standard InChI is InChI=1S/C12H11ClN2O3/c13-10-1-3-11(4-2-10)15-8-9(7-14-15)12(17)18-6-5-16/h1-4,7-8,16H,5-6H2. The molecule has 1 N–H and O–H groups in total. The third-order valence-electron chi connectivity index (χ3n) is 2.23. The van der Waals surface area contributed by atoms with E-state index < -0.39 is 5.97 Å². The quantitative estimate of drug-likeness (QED) is 0.855. The number of aliphatic hydroxyl groups is 1. The van der Waals surface area contributed by atoms with E-state index in [1.165, 1.54) is 6.20 Å². The topological polar surface area (TPSA) is 64.3 Å². The van der Waals surface area contributed by atoms with E-state index in [2.05, 4.69) is 5.10 Å². The number of hydrogen-bond acceptors (Lipinski definition) is 4. The van der Waals surface area contributed by atoms with E-state index in [0.717, 1.165) is 5.69 Å². The van der Waals surface area contributed by atoms with Gasteiger partial charge in [0, 0.05) is 11.2 Å². The number of aliphatic hydroxyl groups excluding tert-OH is 1. The highest BCUT2D eigenvalue weighted by Crippen LogP contribution is 2.13. The lowest BCUT2D eigenvalue weighted by Gasteiger charge is -2.01. The van der Waals surface area contributed by atoms with Crippen LogP contribution in [0.1, 0.15) is 10.4 Å². The molecule has 0 aliphatic heterocycles. The second-order valence-electron chi connectivity index (χ2n) is 3.51. The number of aromatic nitrogens is 2. The zero-order chi connectivity index (χ0) is 13.0. The van der Waals surface area contributed by atoms with Crippen LogP contribution in [0.25, 0.3) is 5.69 Å². The molecule has 2 rings (SSSR count). The van der Waals surface area contributed by atoms with Gasteiger partial charge in [0.25, 0.3) is 0 Å². The van der Waals surface area contributed by atoms with Crippen LogP contribution < -0.4 is 0 Å². The minimum atomic E-state index is -0.510. The minimum absolute atomic E-state index is 0.0229. The predicted molar refractivity (Wildman–Crippen MR) is 65.9 cm³/mol. The number of carbonyl (C=O) groups is 1. The zero-order valence-electron chi connectivity index (χ0n) is 9.41. The summed E-state index contributed by atoms with van der Waals surface area (Å²) in [5.74, 6) is -0.510. The molecule has 1 aromatic heterocycles. The maximum atomic E-state index is 11.5. The fourth-order valence-electron chi connectivity index (χ4n) is 1.38. The highest BCUT2D eigenvalue weighted by molar-refractivity contribution is 6.30. The molecular weight excluding hydrogens is 256 g/mol. The summed E-state index contributed by atoms with van der Waals surface area (Å²) in [6.07, 6.45) is 2.97. The Kier molecular flexibility index (Phi) is 3.96. The molecule has 1 aromatic carbocycles. The van der Waals surface area contributed by atoms with Gasteiger partial charge in [-0.15, -0.1) is 0 Å². The SMILES string of the molecule is O=C(OCCO)c1cnn(-c2ccc(Cl)cc2)c1. The monoisotopic (exact) mass is 266 g/mol. The van der Waals surface area contributed by atoms with Crippen molar-refractivity contribution < 1.29 is 14.6 Å². The Balaban J connectivity index is 2.15. The summed E-state index contributed by atoms with van der Waals surface area (Å²) < 4.78 is 6.33. The zero-order valence-corrected chi connectivity index (χ0v) is 10.2. The average molecular weight is 267 g/mol. The van der Waals surface area contributed by atoms with Crippen molar-refractivity contribution in [3.05, 3.63) is 47.2 Å². The summed E-state index contributed by atoms with van der Waals surface area (Å²) in [5.41, 5.74) is 1.12. The summed E-state index contributed by atoms with van der Waals surface area (Å²) in [5, 5.41) is 13.2. The molecule has 0 spiro atoms. The van der Waals surface area contributed by atoms with Gasteiger partial charge < -0.3 is 9.84 Å². The summed E-state index contributed by atoms with van der Waals surface area (Å²) in [6.45, 7) is -0.220. The van der Waals surface area contributed by atoms with Gasteiger partial charge >= 0.3 is 5.97 Å². The van der Waals surface area contributed by atoms with Crippen LogP contribution in [0.2, 0.25) is 5.02 Å². The first-order chi connectivity index (χ1) is 8.70. The number of ether oxygens (including phenoxy) is 1. The van der Waals surface area contributed by atoms with Crippen LogP contribution in [0.15, 0.2) is 36.7 Å². The summed E-state index contributed by atoms with van der Waals surface area (Å²) in [6, 6.07) is 7.06. The van der Waals surface area contributed by atoms with Crippen LogP contribution in [0.5, 0.6) is 0 Å². The van der Waals surface area contributed by atoms with Crippen molar-refractivity contribution in [2.45, 2.75) is 0 Å². The Morgan fingerprint density at radius 1 is 1.39 bits per heavy atom. The first-order valence-corrected chi connectivity index (χ1v) is 5.67. The van der Waals surface area contributed by atoms with Crippen LogP contribution in [0.3, 0.4) is 0 Å². The van der Waals surface area contributed by atoms with E-state index in [0.29, 0.717) is 10.6 Å². The Bertz CT molecular complexity index is 537. The number of carbonyl (C=O) groups excluding carboxylic acids is 1. The van der Waals surface area contributed by atoms with Crippen molar-refractivity contribution in [1.29, 1.82) is 0 Å². The lowest BCUT2D eigenvalue weighted by molar-refractivity contribution is 0.0434. The van der Waals surface area contributed by atoms with Crippen molar-refractivity contribution in [1.82, 2.24) is 9.78 Å². The van der Waals surface area contributed by atoms with Gasteiger partial charge in [0.05, 0.1) is 24.1 Å². The Hall–Kier alpha value is -1.85. The van der Waals surface area contributed by atoms with Crippen LogP contribution in [-0.4, -0.2) is 34.1 Å². The van der Waals surface area contributed by atoms with Gasteiger partial charge in [-0.3, -0.25) is 0 Å². The molecule has 2 aromatic rings. The fraction of sp³-hybridized carbons (Fsp3) is 0.167. The molecule has 0 atom stereocenters. The van der Waals surface area contributed by atoms with Gasteiger partial charge in [-0.05, 0) is 24.3 Å². The van der Waals surface area contributed by atoms with Gasteiger partial charge in [0.15, 0.2) is 0 Å². The van der Waals surface area contributed by atoms with Gasteiger partial charge in [-0.1, -0.05) is 11.6 Å². The lowest BCUT2D eigenvalue weighted by atomic mass is 10.3. The number of nitrogens with zero attached hydrogens (tertiary/aromatic N) is 2. The number of esters is 1. The molecule has 0 saturated carbocycles. The van der Waals surface area contributed by atoms with Crippen molar-refractivity contribution in [3.63, 3.8) is 0 Å². The Labute approximate surface area is 109 Å². The van der Waals surface area contributed by atoms with E-state index >= 15 is 0 Å². The molecule has 0 unspecified atom stereocenters. The molecule has 1 heterocycles. The van der Waals surface area contributed by atoms with Gasteiger partial charge in [-0.25, -0.2) is 9.48 Å². The predicted octanol–water partition coefficient (Wildman–Crippen LogP) is 1.67. The average Bonchev–Trinajstić information content (AvgIpc) is 2.86. The molecule has 6 heteroatoms. The van der Waals surface area contributed by atoms with Crippen LogP contribution in [0, 0.1) is 0 Å². The lowest BCUT2D eigenvalue weighted by Crippen LogP contribution is -2.07. The maximum absolute atomic E-state index is 11.5. The molecule has 0 saturated heterocycles. The van der Waals surface area contributed by atoms with Gasteiger partial charge in [0.1, 0.15) is 6.61 Å². The van der Waals surface area contributed by atoms with E-state index in [1.807, 2.05) is 0 Å². The van der Waals surface area contributed by atoms with E-state index in [4.69, 9.17) is 21.4 Å². The molecule has 0 radical (unpaired) electrons. The number of halogens is 1. The molecule has 0 aliphatic rings. The maximum Gasteiger partial charge on any atom is 0.341 e. The van der Waals surface area contributed by atoms with E-state index in [9.17, 15) is 4.79 Å². The fourth-order valence-corrected chi connectivity index (χ4v) is 1.51. The highest BCUT2D eigenvalue weighted by atomic mass is 35.5. The molecule has 0 fully saturated rings. The Morgan fingerprint density at radius 2 is 2.11 bits per heavy atom. The number of hydrogen-bond donors (Lipinski definition) is 1. The molecule has 5 nitrogen and oxygen atoms in total. The van der Waals surface area contributed by atoms with Crippen molar-refractivity contribution in [3.8, 4) is 5.69 Å². The highest BCUT2D eigenvalue weighted by Gasteiger charge is 2.10. The second kappa shape index (κ2) is 5.66. The first kappa shape index (κ1) is 12.6. The molecule has 18 heavy (non-hydrogen) atoms. The third kappa shape index (κ3) is 2.88. The normalized spacial score (nSPS) is 10.3. The molecule has 0 aliphatic carbocycles. The minimum Gasteiger partial charge on any atom is -0.460 e. The summed E-state index contributed by atoms with van der Waals surface area (Å²) in [4.78, 5) is 11.5. The third-order valence-corrected chi connectivity index (χ3v) is 2.49. The van der Waals surface area contributed by atoms with E-state index in [1.54, 1.807) is 35.1 Å². The van der Waals surface area contributed by atoms with Gasteiger partial charge in [0.2, 0.25) is 0 Å². The van der Waals surface area contributed by atoms with Crippen molar-refractivity contribution in [2.24, 2.45) is 0 Å². The molecule has 0 amide bonds. The largest absolute Gasteiger partial charge is 0.460 e. The molecular formula is C12H11ClN2O3. The Morgan fingerprint density at radius 3 is 2.78 bits per heavy atom. The van der Waals surface area contributed by atoms with Crippen LogP contribution in [0.4, 0.5) is 0 Å². The smallest absolute Gasteiger partial charge is 0.341 e. The van der Waals surface area contributed by atoms with Crippen molar-refractivity contribution in [2.75, 3.05) is 13.2 Å². The van der Waals surface area contributed by atoms with Crippen LogP contribution >= 0.6 is 11.6 Å². The number of benzene rings is 1. The summed E-state index contributed by atoms with van der Waals surface area (Å²) in [7, 11) is 0. The second-order valence-corrected chi connectivity index (χ2v) is 3.95. The van der Waals surface area contributed by atoms with Crippen LogP contribution in [-0.2, 0) is 4.74 Å². The molecule has 0 bridgehead atoms. The first-order valence-electron chi connectivity index (χ1n) is 5.29. The number of rotatable bonds is 4. The van der Waals surface area contributed by atoms with E-state index in [-0.39, 0.29) is 13.2 Å². The van der Waals surface area contributed by atoms with Crippen molar-refractivity contribution >= 4 is 17.6 Å². The summed E-state index contributed by atoms with van der Waals surface area (Å²) >= 11 is 5.78. The molecule has 94 valence electrons. The van der Waals surface area contributed by atoms with Gasteiger partial charge in [-0.2, -0.15) is 5.10 Å².